The van der Waals surface area contributed by atoms with Crippen LogP contribution in [0.2, 0.25) is 0 Å². The SMILES string of the molecule is Fc1cnc(N2CC[C@@H]3OCCN(Cc4cccnc4)[C@@H]3CC2)nc1. The molecule has 2 fully saturated rings. The molecular formula is C18H22FN5O. The van der Waals surface area contributed by atoms with Crippen LogP contribution in [0.15, 0.2) is 36.9 Å². The second-order valence-corrected chi connectivity index (χ2v) is 6.57. The van der Waals surface area contributed by atoms with Gasteiger partial charge in [0.05, 0.1) is 25.1 Å². The van der Waals surface area contributed by atoms with E-state index in [4.69, 9.17) is 4.74 Å². The molecule has 0 unspecified atom stereocenters. The van der Waals surface area contributed by atoms with Gasteiger partial charge in [-0.3, -0.25) is 9.88 Å². The third-order valence-corrected chi connectivity index (χ3v) is 4.98. The monoisotopic (exact) mass is 343 g/mol. The average Bonchev–Trinajstić information content (AvgIpc) is 2.87. The molecular weight excluding hydrogens is 321 g/mol. The molecule has 0 aromatic carbocycles. The van der Waals surface area contributed by atoms with Gasteiger partial charge in [-0.1, -0.05) is 6.07 Å². The number of nitrogens with zero attached hydrogens (tertiary/aromatic N) is 5. The Kier molecular flexibility index (Phi) is 4.85. The third kappa shape index (κ3) is 3.77. The zero-order valence-corrected chi connectivity index (χ0v) is 14.1. The fourth-order valence-electron chi connectivity index (χ4n) is 3.75. The lowest BCUT2D eigenvalue weighted by Crippen LogP contribution is -2.50. The lowest BCUT2D eigenvalue weighted by Gasteiger charge is -2.40. The molecule has 6 nitrogen and oxygen atoms in total. The molecule has 132 valence electrons. The molecule has 7 heteroatoms. The van der Waals surface area contributed by atoms with Crippen LogP contribution in [-0.4, -0.2) is 58.2 Å². The maximum absolute atomic E-state index is 13.1. The molecule has 25 heavy (non-hydrogen) atoms. The van der Waals surface area contributed by atoms with Gasteiger partial charge in [0, 0.05) is 44.6 Å². The predicted molar refractivity (Wildman–Crippen MR) is 91.6 cm³/mol. The highest BCUT2D eigenvalue weighted by Crippen LogP contribution is 2.26. The highest BCUT2D eigenvalue weighted by molar-refractivity contribution is 5.29. The Morgan fingerprint density at radius 2 is 1.96 bits per heavy atom. The molecule has 0 amide bonds. The van der Waals surface area contributed by atoms with E-state index in [1.807, 2.05) is 12.3 Å². The summed E-state index contributed by atoms with van der Waals surface area (Å²) in [6.45, 7) is 4.26. The molecule has 2 saturated heterocycles. The molecule has 0 N–H and O–H groups in total. The number of rotatable bonds is 3. The van der Waals surface area contributed by atoms with Crippen molar-refractivity contribution in [3.63, 3.8) is 0 Å². The van der Waals surface area contributed by atoms with Crippen LogP contribution in [0.3, 0.4) is 0 Å². The molecule has 0 aliphatic carbocycles. The van der Waals surface area contributed by atoms with Crippen molar-refractivity contribution < 1.29 is 9.13 Å². The van der Waals surface area contributed by atoms with Crippen LogP contribution >= 0.6 is 0 Å². The zero-order chi connectivity index (χ0) is 17.1. The first-order chi connectivity index (χ1) is 12.3. The van der Waals surface area contributed by atoms with Crippen LogP contribution < -0.4 is 4.90 Å². The van der Waals surface area contributed by atoms with Gasteiger partial charge in [-0.15, -0.1) is 0 Å². The molecule has 2 aromatic heterocycles. The van der Waals surface area contributed by atoms with Gasteiger partial charge < -0.3 is 9.64 Å². The molecule has 2 aliphatic rings. The van der Waals surface area contributed by atoms with Gasteiger partial charge in [-0.05, 0) is 24.5 Å². The van der Waals surface area contributed by atoms with Gasteiger partial charge in [0.15, 0.2) is 5.82 Å². The van der Waals surface area contributed by atoms with Crippen molar-refractivity contribution in [2.24, 2.45) is 0 Å². The Morgan fingerprint density at radius 3 is 2.76 bits per heavy atom. The predicted octanol–water partition coefficient (Wildman–Crippen LogP) is 1.88. The van der Waals surface area contributed by atoms with Crippen molar-refractivity contribution >= 4 is 5.95 Å². The topological polar surface area (TPSA) is 54.4 Å². The lowest BCUT2D eigenvalue weighted by atomic mass is 10.0. The molecule has 2 aromatic rings. The van der Waals surface area contributed by atoms with Crippen molar-refractivity contribution in [2.45, 2.75) is 31.5 Å². The normalized spacial score (nSPS) is 24.6. The Morgan fingerprint density at radius 1 is 1.12 bits per heavy atom. The Bertz CT molecular complexity index is 684. The number of hydrogen-bond donors (Lipinski definition) is 0. The van der Waals surface area contributed by atoms with E-state index in [-0.39, 0.29) is 6.10 Å². The van der Waals surface area contributed by atoms with Crippen molar-refractivity contribution in [2.75, 3.05) is 31.1 Å². The van der Waals surface area contributed by atoms with E-state index in [1.54, 1.807) is 6.20 Å². The van der Waals surface area contributed by atoms with E-state index in [2.05, 4.69) is 30.8 Å². The highest BCUT2D eigenvalue weighted by atomic mass is 19.1. The third-order valence-electron chi connectivity index (χ3n) is 4.98. The van der Waals surface area contributed by atoms with Crippen molar-refractivity contribution in [1.82, 2.24) is 19.9 Å². The number of morpholine rings is 1. The quantitative estimate of drug-likeness (QED) is 0.848. The number of ether oxygens (including phenoxy) is 1. The number of hydrogen-bond acceptors (Lipinski definition) is 6. The summed E-state index contributed by atoms with van der Waals surface area (Å²) in [6, 6.07) is 4.47. The van der Waals surface area contributed by atoms with E-state index in [0.717, 1.165) is 45.6 Å². The number of pyridine rings is 1. The number of halogens is 1. The Balaban J connectivity index is 1.46. The smallest absolute Gasteiger partial charge is 0.225 e. The van der Waals surface area contributed by atoms with Crippen molar-refractivity contribution in [3.8, 4) is 0 Å². The van der Waals surface area contributed by atoms with Gasteiger partial charge in [0.1, 0.15) is 0 Å². The minimum atomic E-state index is -0.404. The van der Waals surface area contributed by atoms with Crippen molar-refractivity contribution in [3.05, 3.63) is 48.3 Å². The molecule has 4 rings (SSSR count). The van der Waals surface area contributed by atoms with E-state index in [0.29, 0.717) is 12.0 Å². The van der Waals surface area contributed by atoms with Crippen LogP contribution in [0.25, 0.3) is 0 Å². The second-order valence-electron chi connectivity index (χ2n) is 6.57. The molecule has 0 saturated carbocycles. The minimum Gasteiger partial charge on any atom is -0.375 e. The highest BCUT2D eigenvalue weighted by Gasteiger charge is 2.35. The summed E-state index contributed by atoms with van der Waals surface area (Å²) in [5, 5.41) is 0. The van der Waals surface area contributed by atoms with Crippen LogP contribution in [0.1, 0.15) is 18.4 Å². The fraction of sp³-hybridized carbons (Fsp3) is 0.500. The first kappa shape index (κ1) is 16.4. The lowest BCUT2D eigenvalue weighted by molar-refractivity contribution is -0.0746. The van der Waals surface area contributed by atoms with Crippen LogP contribution in [0, 0.1) is 5.82 Å². The Hall–Kier alpha value is -2.12. The van der Waals surface area contributed by atoms with Gasteiger partial charge in [0.25, 0.3) is 0 Å². The molecule has 0 bridgehead atoms. The van der Waals surface area contributed by atoms with E-state index in [1.165, 1.54) is 18.0 Å². The van der Waals surface area contributed by atoms with Gasteiger partial charge >= 0.3 is 0 Å². The summed E-state index contributed by atoms with van der Waals surface area (Å²) in [6.07, 6.45) is 8.31. The summed E-state index contributed by atoms with van der Waals surface area (Å²) in [5.41, 5.74) is 1.23. The van der Waals surface area contributed by atoms with Crippen LogP contribution in [0.4, 0.5) is 10.3 Å². The van der Waals surface area contributed by atoms with E-state index >= 15 is 0 Å². The van der Waals surface area contributed by atoms with E-state index in [9.17, 15) is 4.39 Å². The first-order valence-electron chi connectivity index (χ1n) is 8.76. The summed E-state index contributed by atoms with van der Waals surface area (Å²) in [4.78, 5) is 17.1. The zero-order valence-electron chi connectivity index (χ0n) is 14.1. The van der Waals surface area contributed by atoms with E-state index < -0.39 is 5.82 Å². The molecule has 4 heterocycles. The summed E-state index contributed by atoms with van der Waals surface area (Å²) in [7, 11) is 0. The number of fused-ring (bicyclic) bond motifs is 1. The minimum absolute atomic E-state index is 0.218. The summed E-state index contributed by atoms with van der Waals surface area (Å²) >= 11 is 0. The first-order valence-corrected chi connectivity index (χ1v) is 8.76. The Labute approximate surface area is 146 Å². The summed E-state index contributed by atoms with van der Waals surface area (Å²) < 4.78 is 19.1. The molecule has 2 atom stereocenters. The van der Waals surface area contributed by atoms with Crippen molar-refractivity contribution in [1.29, 1.82) is 0 Å². The molecule has 0 radical (unpaired) electrons. The standard InChI is InChI=1S/C18H22FN5O/c19-15-11-21-18(22-12-15)23-6-3-16-17(4-7-23)25-9-8-24(16)13-14-2-1-5-20-10-14/h1-2,5,10-12,16-17H,3-4,6-9,13H2/t16-,17+/m1/s1. The maximum atomic E-state index is 13.1. The maximum Gasteiger partial charge on any atom is 0.225 e. The van der Waals surface area contributed by atoms with Gasteiger partial charge in [-0.25, -0.2) is 14.4 Å². The van der Waals surface area contributed by atoms with Gasteiger partial charge in [0.2, 0.25) is 5.95 Å². The van der Waals surface area contributed by atoms with Crippen LogP contribution in [-0.2, 0) is 11.3 Å². The number of anilines is 1. The van der Waals surface area contributed by atoms with Crippen LogP contribution in [0.5, 0.6) is 0 Å². The second kappa shape index (κ2) is 7.41. The average molecular weight is 343 g/mol. The van der Waals surface area contributed by atoms with Gasteiger partial charge in [-0.2, -0.15) is 0 Å². The molecule has 0 spiro atoms. The fourth-order valence-corrected chi connectivity index (χ4v) is 3.75. The molecule has 2 aliphatic heterocycles. The summed E-state index contributed by atoms with van der Waals surface area (Å²) in [5.74, 6) is 0.192. The number of aromatic nitrogens is 3. The largest absolute Gasteiger partial charge is 0.375 e.